The lowest BCUT2D eigenvalue weighted by Gasteiger charge is -2.36. The van der Waals surface area contributed by atoms with Gasteiger partial charge in [-0.2, -0.15) is 0 Å². The number of likely N-dealkylation sites (tertiary alicyclic amines) is 1. The average Bonchev–Trinajstić information content (AvgIpc) is 2.81. The van der Waals surface area contributed by atoms with E-state index in [1.807, 2.05) is 24.3 Å². The predicted octanol–water partition coefficient (Wildman–Crippen LogP) is 2.65. The molecular weight excluding hydrogens is 294 g/mol. The molecule has 0 spiro atoms. The SMILES string of the molecule is O=C1C=C2CN([C@H](CO)c3ccc(Cl)cc3)CC[C@@H]2S1. The number of hydrogen-bond donors (Lipinski definition) is 1. The molecule has 3 nitrogen and oxygen atoms in total. The van der Waals surface area contributed by atoms with E-state index in [9.17, 15) is 9.90 Å². The quantitative estimate of drug-likeness (QED) is 0.932. The molecule has 1 N–H and O–H groups in total. The molecule has 2 aliphatic rings. The smallest absolute Gasteiger partial charge is 0.212 e. The zero-order valence-corrected chi connectivity index (χ0v) is 12.5. The summed E-state index contributed by atoms with van der Waals surface area (Å²) >= 11 is 7.34. The number of carbonyl (C=O) groups is 1. The van der Waals surface area contributed by atoms with Crippen LogP contribution in [0.4, 0.5) is 0 Å². The Bertz CT molecular complexity index is 543. The summed E-state index contributed by atoms with van der Waals surface area (Å²) < 4.78 is 0. The van der Waals surface area contributed by atoms with Crippen LogP contribution in [0.2, 0.25) is 5.02 Å². The first kappa shape index (κ1) is 14.1. The van der Waals surface area contributed by atoms with Crippen LogP contribution in [0.5, 0.6) is 0 Å². The molecule has 1 aromatic rings. The van der Waals surface area contributed by atoms with Gasteiger partial charge < -0.3 is 5.11 Å². The average molecular weight is 310 g/mol. The number of aliphatic hydroxyl groups is 1. The number of halogens is 1. The molecule has 2 aliphatic heterocycles. The number of piperidine rings is 1. The van der Waals surface area contributed by atoms with Crippen molar-refractivity contribution in [2.24, 2.45) is 0 Å². The summed E-state index contributed by atoms with van der Waals surface area (Å²) in [5.74, 6) is 0. The maximum atomic E-state index is 11.5. The monoisotopic (exact) mass is 309 g/mol. The van der Waals surface area contributed by atoms with Gasteiger partial charge in [-0.1, -0.05) is 35.5 Å². The Morgan fingerprint density at radius 2 is 2.15 bits per heavy atom. The van der Waals surface area contributed by atoms with E-state index in [1.165, 1.54) is 17.3 Å². The molecule has 1 aromatic carbocycles. The lowest BCUT2D eigenvalue weighted by molar-refractivity contribution is -0.106. The third kappa shape index (κ3) is 2.79. The molecular formula is C15H16ClNO2S. The highest BCUT2D eigenvalue weighted by molar-refractivity contribution is 8.15. The Morgan fingerprint density at radius 3 is 2.85 bits per heavy atom. The van der Waals surface area contributed by atoms with Crippen molar-refractivity contribution in [2.75, 3.05) is 19.7 Å². The highest BCUT2D eigenvalue weighted by atomic mass is 35.5. The lowest BCUT2D eigenvalue weighted by Crippen LogP contribution is -2.39. The number of fused-ring (bicyclic) bond motifs is 1. The summed E-state index contributed by atoms with van der Waals surface area (Å²) in [7, 11) is 0. The van der Waals surface area contributed by atoms with E-state index in [0.29, 0.717) is 10.3 Å². The molecule has 20 heavy (non-hydrogen) atoms. The zero-order valence-electron chi connectivity index (χ0n) is 11.0. The third-order valence-corrected chi connectivity index (χ3v) is 5.33. The van der Waals surface area contributed by atoms with Crippen molar-refractivity contribution < 1.29 is 9.90 Å². The summed E-state index contributed by atoms with van der Waals surface area (Å²) in [5, 5.41) is 10.9. The molecule has 0 bridgehead atoms. The summed E-state index contributed by atoms with van der Waals surface area (Å²) in [4.78, 5) is 13.7. The number of carbonyl (C=O) groups excluding carboxylic acids is 1. The number of nitrogens with zero attached hydrogens (tertiary/aromatic N) is 1. The minimum absolute atomic E-state index is 0.0326. The van der Waals surface area contributed by atoms with E-state index < -0.39 is 0 Å². The molecule has 2 atom stereocenters. The van der Waals surface area contributed by atoms with Crippen molar-refractivity contribution in [1.82, 2.24) is 4.90 Å². The van der Waals surface area contributed by atoms with Crippen LogP contribution in [0.15, 0.2) is 35.9 Å². The topological polar surface area (TPSA) is 40.5 Å². The maximum absolute atomic E-state index is 11.5. The Morgan fingerprint density at radius 1 is 1.40 bits per heavy atom. The van der Waals surface area contributed by atoms with Crippen molar-refractivity contribution >= 4 is 28.5 Å². The largest absolute Gasteiger partial charge is 0.394 e. The molecule has 0 aromatic heterocycles. The van der Waals surface area contributed by atoms with E-state index in [-0.39, 0.29) is 17.8 Å². The van der Waals surface area contributed by atoms with Crippen LogP contribution in [-0.2, 0) is 4.79 Å². The molecule has 0 radical (unpaired) electrons. The Balaban J connectivity index is 1.78. The van der Waals surface area contributed by atoms with Gasteiger partial charge in [0.15, 0.2) is 0 Å². The minimum atomic E-state index is -0.0326. The second-order valence-corrected chi connectivity index (χ2v) is 6.80. The first-order valence-electron chi connectivity index (χ1n) is 6.69. The molecule has 1 saturated heterocycles. The van der Waals surface area contributed by atoms with Gasteiger partial charge in [0.1, 0.15) is 0 Å². The van der Waals surface area contributed by atoms with E-state index in [2.05, 4.69) is 4.90 Å². The van der Waals surface area contributed by atoms with Crippen LogP contribution >= 0.6 is 23.4 Å². The Hall–Kier alpha value is -0.810. The Kier molecular flexibility index (Phi) is 4.17. The van der Waals surface area contributed by atoms with Gasteiger partial charge in [-0.15, -0.1) is 0 Å². The highest BCUT2D eigenvalue weighted by Gasteiger charge is 2.33. The van der Waals surface area contributed by atoms with Crippen LogP contribution in [0.25, 0.3) is 0 Å². The maximum Gasteiger partial charge on any atom is 0.212 e. The second kappa shape index (κ2) is 5.90. The summed E-state index contributed by atoms with van der Waals surface area (Å²) in [5.41, 5.74) is 2.26. The zero-order chi connectivity index (χ0) is 14.1. The first-order chi connectivity index (χ1) is 9.67. The predicted molar refractivity (Wildman–Crippen MR) is 81.9 cm³/mol. The van der Waals surface area contributed by atoms with Gasteiger partial charge in [-0.25, -0.2) is 0 Å². The van der Waals surface area contributed by atoms with E-state index in [4.69, 9.17) is 11.6 Å². The fourth-order valence-corrected chi connectivity index (χ4v) is 4.01. The first-order valence-corrected chi connectivity index (χ1v) is 7.94. The molecule has 5 heteroatoms. The van der Waals surface area contributed by atoms with Crippen LogP contribution in [0, 0.1) is 0 Å². The number of benzene rings is 1. The fourth-order valence-electron chi connectivity index (χ4n) is 2.87. The normalized spacial score (nSPS) is 24.4. The van der Waals surface area contributed by atoms with E-state index in [1.54, 1.807) is 6.08 Å². The molecule has 0 saturated carbocycles. The minimum Gasteiger partial charge on any atom is -0.394 e. The van der Waals surface area contributed by atoms with Gasteiger partial charge in [-0.3, -0.25) is 9.69 Å². The van der Waals surface area contributed by atoms with Gasteiger partial charge >= 0.3 is 0 Å². The summed E-state index contributed by atoms with van der Waals surface area (Å²) in [6, 6.07) is 7.58. The van der Waals surface area contributed by atoms with Crippen molar-refractivity contribution in [2.45, 2.75) is 17.7 Å². The molecule has 1 fully saturated rings. The lowest BCUT2D eigenvalue weighted by atomic mass is 9.99. The van der Waals surface area contributed by atoms with Crippen LogP contribution in [0.3, 0.4) is 0 Å². The standard InChI is InChI=1S/C15H16ClNO2S/c16-12-3-1-10(2-4-12)13(9-18)17-6-5-14-11(8-17)7-15(19)20-14/h1-4,7,13-14,18H,5-6,8-9H2/t13-,14+/m1/s1. The van der Waals surface area contributed by atoms with Gasteiger partial charge in [0.05, 0.1) is 12.6 Å². The van der Waals surface area contributed by atoms with Crippen molar-refractivity contribution in [3.8, 4) is 0 Å². The molecule has 3 rings (SSSR count). The van der Waals surface area contributed by atoms with Gasteiger partial charge in [0.2, 0.25) is 5.12 Å². The third-order valence-electron chi connectivity index (χ3n) is 3.91. The number of aliphatic hydroxyl groups excluding tert-OH is 1. The number of rotatable bonds is 3. The molecule has 0 aliphatic carbocycles. The summed E-state index contributed by atoms with van der Waals surface area (Å²) in [6.07, 6.45) is 2.73. The van der Waals surface area contributed by atoms with Crippen LogP contribution in [0.1, 0.15) is 18.0 Å². The van der Waals surface area contributed by atoms with Gasteiger partial charge in [0.25, 0.3) is 0 Å². The van der Waals surface area contributed by atoms with Crippen LogP contribution < -0.4 is 0 Å². The number of hydrogen-bond acceptors (Lipinski definition) is 4. The second-order valence-electron chi connectivity index (χ2n) is 5.15. The van der Waals surface area contributed by atoms with Gasteiger partial charge in [-0.05, 0) is 35.8 Å². The van der Waals surface area contributed by atoms with E-state index >= 15 is 0 Å². The molecule has 106 valence electrons. The fraction of sp³-hybridized carbons (Fsp3) is 0.400. The highest BCUT2D eigenvalue weighted by Crippen LogP contribution is 2.37. The van der Waals surface area contributed by atoms with Gasteiger partial charge in [0, 0.05) is 23.4 Å². The van der Waals surface area contributed by atoms with Crippen molar-refractivity contribution in [3.63, 3.8) is 0 Å². The van der Waals surface area contributed by atoms with Crippen molar-refractivity contribution in [3.05, 3.63) is 46.5 Å². The molecule has 2 heterocycles. The molecule has 0 unspecified atom stereocenters. The summed E-state index contributed by atoms with van der Waals surface area (Å²) in [6.45, 7) is 1.73. The number of thioether (sulfide) groups is 1. The van der Waals surface area contributed by atoms with Crippen LogP contribution in [-0.4, -0.2) is 40.1 Å². The molecule has 0 amide bonds. The van der Waals surface area contributed by atoms with Crippen molar-refractivity contribution in [1.29, 1.82) is 0 Å². The van der Waals surface area contributed by atoms with E-state index in [0.717, 1.165) is 25.1 Å². The Labute approximate surface area is 127 Å².